The van der Waals surface area contributed by atoms with E-state index in [9.17, 15) is 13.2 Å². The van der Waals surface area contributed by atoms with Crippen molar-refractivity contribution in [3.63, 3.8) is 0 Å². The van der Waals surface area contributed by atoms with Gasteiger partial charge in [-0.25, -0.2) is 8.42 Å². The lowest BCUT2D eigenvalue weighted by molar-refractivity contribution is -0.119. The van der Waals surface area contributed by atoms with Crippen molar-refractivity contribution in [1.29, 1.82) is 0 Å². The number of sulfonamides is 1. The van der Waals surface area contributed by atoms with Crippen molar-refractivity contribution in [3.05, 3.63) is 96.1 Å². The number of rotatable bonds is 10. The van der Waals surface area contributed by atoms with E-state index in [4.69, 9.17) is 4.74 Å². The Balaban J connectivity index is 1.57. The number of ether oxygens (including phenoxy) is 1. The van der Waals surface area contributed by atoms with Gasteiger partial charge in [0.2, 0.25) is 15.9 Å². The van der Waals surface area contributed by atoms with E-state index in [0.29, 0.717) is 31.0 Å². The van der Waals surface area contributed by atoms with Gasteiger partial charge in [-0.15, -0.1) is 0 Å². The molecule has 0 bridgehead atoms. The van der Waals surface area contributed by atoms with Gasteiger partial charge in [-0.1, -0.05) is 60.7 Å². The fraction of sp³-hybridized carbons (Fsp3) is 0.208. The maximum absolute atomic E-state index is 12.3. The van der Waals surface area contributed by atoms with Gasteiger partial charge in [0.25, 0.3) is 0 Å². The van der Waals surface area contributed by atoms with Crippen LogP contribution in [0, 0.1) is 0 Å². The van der Waals surface area contributed by atoms with Crippen LogP contribution >= 0.6 is 0 Å². The quantitative estimate of drug-likeness (QED) is 0.527. The smallest absolute Gasteiger partial charge is 0.240 e. The largest absolute Gasteiger partial charge is 0.489 e. The summed E-state index contributed by atoms with van der Waals surface area (Å²) in [6, 6.07) is 26.2. The molecule has 31 heavy (non-hydrogen) atoms. The molecule has 1 amide bonds. The lowest BCUT2D eigenvalue weighted by Crippen LogP contribution is -2.40. The summed E-state index contributed by atoms with van der Waals surface area (Å²) in [5.41, 5.74) is 2.55. The second kappa shape index (κ2) is 10.6. The monoisotopic (exact) mass is 438 g/mol. The van der Waals surface area contributed by atoms with Crippen molar-refractivity contribution in [2.45, 2.75) is 13.0 Å². The highest BCUT2D eigenvalue weighted by Gasteiger charge is 2.20. The van der Waals surface area contributed by atoms with E-state index in [0.717, 1.165) is 21.7 Å². The fourth-order valence-electron chi connectivity index (χ4n) is 3.03. The Bertz CT molecular complexity index is 1070. The van der Waals surface area contributed by atoms with E-state index in [1.807, 2.05) is 60.7 Å². The zero-order valence-electron chi connectivity index (χ0n) is 17.4. The molecule has 0 atom stereocenters. The molecule has 0 aliphatic carbocycles. The lowest BCUT2D eigenvalue weighted by Gasteiger charge is -2.22. The van der Waals surface area contributed by atoms with E-state index >= 15 is 0 Å². The number of carbonyl (C=O) groups excluding carboxylic acids is 1. The summed E-state index contributed by atoms with van der Waals surface area (Å²) in [4.78, 5) is 12.3. The number of hydrogen-bond acceptors (Lipinski definition) is 4. The first-order valence-corrected chi connectivity index (χ1v) is 11.8. The Labute approximate surface area is 183 Å². The molecule has 0 aliphatic heterocycles. The minimum Gasteiger partial charge on any atom is -0.489 e. The van der Waals surface area contributed by atoms with Crippen LogP contribution in [-0.4, -0.2) is 33.7 Å². The highest BCUT2D eigenvalue weighted by Crippen LogP contribution is 2.22. The molecule has 0 aromatic heterocycles. The second-order valence-corrected chi connectivity index (χ2v) is 9.03. The third kappa shape index (κ3) is 7.15. The SMILES string of the molecule is CS(=O)(=O)N(CC(=O)NCCc1ccccc1)c1ccc(OCc2ccccc2)cc1. The zero-order valence-corrected chi connectivity index (χ0v) is 18.2. The molecule has 3 rings (SSSR count). The average molecular weight is 439 g/mol. The van der Waals surface area contributed by atoms with Crippen molar-refractivity contribution in [3.8, 4) is 5.75 Å². The van der Waals surface area contributed by atoms with Gasteiger partial charge >= 0.3 is 0 Å². The van der Waals surface area contributed by atoms with Crippen LogP contribution in [0.5, 0.6) is 5.75 Å². The van der Waals surface area contributed by atoms with Crippen LogP contribution in [0.4, 0.5) is 5.69 Å². The van der Waals surface area contributed by atoms with Gasteiger partial charge in [0.05, 0.1) is 11.9 Å². The van der Waals surface area contributed by atoms with E-state index < -0.39 is 10.0 Å². The lowest BCUT2D eigenvalue weighted by atomic mass is 10.1. The average Bonchev–Trinajstić information content (AvgIpc) is 2.77. The van der Waals surface area contributed by atoms with Crippen molar-refractivity contribution < 1.29 is 17.9 Å². The van der Waals surface area contributed by atoms with Crippen LogP contribution in [0.25, 0.3) is 0 Å². The minimum absolute atomic E-state index is 0.280. The highest BCUT2D eigenvalue weighted by molar-refractivity contribution is 7.92. The molecule has 0 aliphatic rings. The molecule has 3 aromatic carbocycles. The Morgan fingerprint density at radius 2 is 1.45 bits per heavy atom. The van der Waals surface area contributed by atoms with Gasteiger partial charge in [-0.3, -0.25) is 9.10 Å². The molecule has 0 saturated heterocycles. The van der Waals surface area contributed by atoms with Gasteiger partial charge in [-0.05, 0) is 41.8 Å². The number of nitrogens with one attached hydrogen (secondary N) is 1. The fourth-order valence-corrected chi connectivity index (χ4v) is 3.88. The molecule has 162 valence electrons. The number of benzene rings is 3. The molecule has 1 N–H and O–H groups in total. The predicted molar refractivity (Wildman–Crippen MR) is 123 cm³/mol. The third-order valence-corrected chi connectivity index (χ3v) is 5.78. The molecule has 0 fully saturated rings. The molecule has 0 radical (unpaired) electrons. The highest BCUT2D eigenvalue weighted by atomic mass is 32.2. The summed E-state index contributed by atoms with van der Waals surface area (Å²) in [5, 5.41) is 2.78. The number of nitrogens with zero attached hydrogens (tertiary/aromatic N) is 1. The van der Waals surface area contributed by atoms with Crippen LogP contribution in [0.2, 0.25) is 0 Å². The molecule has 0 heterocycles. The Morgan fingerprint density at radius 1 is 0.871 bits per heavy atom. The van der Waals surface area contributed by atoms with Gasteiger partial charge in [0.1, 0.15) is 18.9 Å². The van der Waals surface area contributed by atoms with E-state index in [1.165, 1.54) is 0 Å². The summed E-state index contributed by atoms with van der Waals surface area (Å²) in [6.45, 7) is 0.574. The number of hydrogen-bond donors (Lipinski definition) is 1. The molecular weight excluding hydrogens is 412 g/mol. The third-order valence-electron chi connectivity index (χ3n) is 4.64. The molecular formula is C24H26N2O4S. The molecule has 6 nitrogen and oxygen atoms in total. The van der Waals surface area contributed by atoms with Crippen molar-refractivity contribution in [2.75, 3.05) is 23.7 Å². The normalized spacial score (nSPS) is 11.0. The van der Waals surface area contributed by atoms with E-state index in [1.54, 1.807) is 24.3 Å². The number of amides is 1. The van der Waals surface area contributed by atoms with E-state index in [2.05, 4.69) is 5.32 Å². The number of anilines is 1. The van der Waals surface area contributed by atoms with Gasteiger partial charge in [-0.2, -0.15) is 0 Å². The van der Waals surface area contributed by atoms with Crippen molar-refractivity contribution in [1.82, 2.24) is 5.32 Å². The second-order valence-electron chi connectivity index (χ2n) is 7.12. The standard InChI is InChI=1S/C24H26N2O4S/c1-31(28,29)26(18-24(27)25-17-16-20-8-4-2-5-9-20)22-12-14-23(15-13-22)30-19-21-10-6-3-7-11-21/h2-15H,16-19H2,1H3,(H,25,27). The summed E-state index contributed by atoms with van der Waals surface area (Å²) in [7, 11) is -3.63. The summed E-state index contributed by atoms with van der Waals surface area (Å²) >= 11 is 0. The van der Waals surface area contributed by atoms with Gasteiger partial charge in [0.15, 0.2) is 0 Å². The minimum atomic E-state index is -3.63. The molecule has 7 heteroatoms. The first kappa shape index (κ1) is 22.4. The zero-order chi connectivity index (χ0) is 22.1. The summed E-state index contributed by atoms with van der Waals surface area (Å²) in [6.07, 6.45) is 1.77. The molecule has 0 saturated carbocycles. The van der Waals surface area contributed by atoms with Gasteiger partial charge < -0.3 is 10.1 Å². The van der Waals surface area contributed by atoms with Crippen LogP contribution in [0.1, 0.15) is 11.1 Å². The van der Waals surface area contributed by atoms with Crippen LogP contribution in [0.3, 0.4) is 0 Å². The van der Waals surface area contributed by atoms with Crippen molar-refractivity contribution >= 4 is 21.6 Å². The van der Waals surface area contributed by atoms with Crippen molar-refractivity contribution in [2.24, 2.45) is 0 Å². The molecule has 3 aromatic rings. The Hall–Kier alpha value is -3.32. The van der Waals surface area contributed by atoms with Gasteiger partial charge in [0, 0.05) is 6.54 Å². The van der Waals surface area contributed by atoms with Crippen LogP contribution in [0.15, 0.2) is 84.9 Å². The number of carbonyl (C=O) groups is 1. The Kier molecular flexibility index (Phi) is 7.67. The maximum Gasteiger partial charge on any atom is 0.240 e. The maximum atomic E-state index is 12.3. The van der Waals surface area contributed by atoms with Crippen LogP contribution < -0.4 is 14.4 Å². The first-order chi connectivity index (χ1) is 14.9. The molecule has 0 spiro atoms. The summed E-state index contributed by atoms with van der Waals surface area (Å²) < 4.78 is 31.4. The van der Waals surface area contributed by atoms with E-state index in [-0.39, 0.29) is 12.5 Å². The topological polar surface area (TPSA) is 75.7 Å². The Morgan fingerprint density at radius 3 is 2.03 bits per heavy atom. The first-order valence-electron chi connectivity index (χ1n) is 9.97. The van der Waals surface area contributed by atoms with Crippen LogP contribution in [-0.2, 0) is 27.8 Å². The molecule has 0 unspecified atom stereocenters. The summed E-state index contributed by atoms with van der Waals surface area (Å²) in [5.74, 6) is 0.263. The predicted octanol–water partition coefficient (Wildman–Crippen LogP) is 3.39.